The highest BCUT2D eigenvalue weighted by Gasteiger charge is 2.22. The van der Waals surface area contributed by atoms with Crippen LogP contribution in [0.15, 0.2) is 24.3 Å². The number of aromatic nitrogens is 1. The second-order valence-corrected chi connectivity index (χ2v) is 6.73. The second kappa shape index (κ2) is 7.37. The molecule has 2 heterocycles. The van der Waals surface area contributed by atoms with Gasteiger partial charge in [0.15, 0.2) is 5.13 Å². The van der Waals surface area contributed by atoms with Crippen molar-refractivity contribution in [1.82, 2.24) is 15.2 Å². The Morgan fingerprint density at radius 3 is 2.73 bits per heavy atom. The van der Waals surface area contributed by atoms with Crippen LogP contribution >= 0.6 is 23.7 Å². The van der Waals surface area contributed by atoms with Crippen LogP contribution in [0.3, 0.4) is 0 Å². The lowest BCUT2D eigenvalue weighted by molar-refractivity contribution is -0.117. The molecule has 0 radical (unpaired) electrons. The van der Waals surface area contributed by atoms with Gasteiger partial charge >= 0.3 is 0 Å². The zero-order valence-electron chi connectivity index (χ0n) is 12.7. The summed E-state index contributed by atoms with van der Waals surface area (Å²) in [5.41, 5.74) is 0.933. The molecule has 1 aliphatic heterocycles. The molecule has 1 fully saturated rings. The molecule has 1 saturated heterocycles. The molecule has 2 aromatic rings. The number of anilines is 1. The lowest BCUT2D eigenvalue weighted by Crippen LogP contribution is -2.55. The van der Waals surface area contributed by atoms with Gasteiger partial charge in [-0.05, 0) is 26.0 Å². The molecule has 1 aromatic carbocycles. The lowest BCUT2D eigenvalue weighted by atomic mass is 10.1. The number of benzene rings is 1. The molecule has 0 bridgehead atoms. The highest BCUT2D eigenvalue weighted by molar-refractivity contribution is 7.22. The quantitative estimate of drug-likeness (QED) is 0.900. The maximum Gasteiger partial charge on any atom is 0.240 e. The van der Waals surface area contributed by atoms with E-state index < -0.39 is 0 Å². The molecule has 0 aliphatic carbocycles. The first-order chi connectivity index (χ1) is 10.1. The molecule has 22 heavy (non-hydrogen) atoms. The number of rotatable bonds is 3. The summed E-state index contributed by atoms with van der Waals surface area (Å²) in [4.78, 5) is 18.8. The van der Waals surface area contributed by atoms with Gasteiger partial charge in [0.25, 0.3) is 0 Å². The average Bonchev–Trinajstić information content (AvgIpc) is 2.78. The zero-order chi connectivity index (χ0) is 14.8. The van der Waals surface area contributed by atoms with Crippen LogP contribution in [0, 0.1) is 0 Å². The van der Waals surface area contributed by atoms with Gasteiger partial charge in [0.2, 0.25) is 5.91 Å². The molecular formula is C15H21ClN4OS. The highest BCUT2D eigenvalue weighted by atomic mass is 35.5. The van der Waals surface area contributed by atoms with Crippen molar-refractivity contribution >= 4 is 45.0 Å². The van der Waals surface area contributed by atoms with Crippen molar-refractivity contribution in [3.8, 4) is 0 Å². The van der Waals surface area contributed by atoms with Gasteiger partial charge in [-0.15, -0.1) is 12.4 Å². The Morgan fingerprint density at radius 1 is 1.36 bits per heavy atom. The molecule has 2 N–H and O–H groups in total. The number of carbonyl (C=O) groups excluding carboxylic acids is 1. The Hall–Kier alpha value is -1.21. The minimum absolute atomic E-state index is 0. The van der Waals surface area contributed by atoms with Crippen molar-refractivity contribution in [2.45, 2.75) is 25.9 Å². The molecular weight excluding hydrogens is 320 g/mol. The van der Waals surface area contributed by atoms with Crippen molar-refractivity contribution in [3.63, 3.8) is 0 Å². The Morgan fingerprint density at radius 2 is 2.05 bits per heavy atom. The molecule has 0 saturated carbocycles. The summed E-state index contributed by atoms with van der Waals surface area (Å²) in [6, 6.07) is 8.75. The number of nitrogens with one attached hydrogen (secondary N) is 2. The monoisotopic (exact) mass is 340 g/mol. The number of piperazine rings is 1. The van der Waals surface area contributed by atoms with Crippen LogP contribution in [0.2, 0.25) is 0 Å². The summed E-state index contributed by atoms with van der Waals surface area (Å²) >= 11 is 1.51. The third-order valence-corrected chi connectivity index (χ3v) is 4.49. The Kier molecular flexibility index (Phi) is 5.74. The number of para-hydroxylation sites is 1. The van der Waals surface area contributed by atoms with Gasteiger partial charge in [0, 0.05) is 25.2 Å². The number of carbonyl (C=O) groups is 1. The summed E-state index contributed by atoms with van der Waals surface area (Å²) in [5.74, 6) is 0.00959. The molecule has 1 aliphatic rings. The Balaban J connectivity index is 0.00000176. The number of thiazole rings is 1. The molecule has 120 valence electrons. The number of fused-ring (bicyclic) bond motifs is 1. The molecule has 2 atom stereocenters. The summed E-state index contributed by atoms with van der Waals surface area (Å²) in [5, 5.41) is 7.06. The van der Waals surface area contributed by atoms with E-state index >= 15 is 0 Å². The van der Waals surface area contributed by atoms with Crippen LogP contribution in [0.25, 0.3) is 10.2 Å². The van der Waals surface area contributed by atoms with Gasteiger partial charge < -0.3 is 10.6 Å². The number of halogens is 1. The van der Waals surface area contributed by atoms with Crippen LogP contribution in [-0.4, -0.2) is 47.5 Å². The first kappa shape index (κ1) is 17.1. The normalized spacial score (nSPS) is 22.3. The lowest BCUT2D eigenvalue weighted by Gasteiger charge is -2.35. The van der Waals surface area contributed by atoms with Crippen molar-refractivity contribution < 1.29 is 4.79 Å². The van der Waals surface area contributed by atoms with Crippen molar-refractivity contribution in [1.29, 1.82) is 0 Å². The number of nitrogens with zero attached hydrogens (tertiary/aromatic N) is 2. The molecule has 5 nitrogen and oxygen atoms in total. The predicted molar refractivity (Wildman–Crippen MR) is 94.0 cm³/mol. The summed E-state index contributed by atoms with van der Waals surface area (Å²) < 4.78 is 1.09. The van der Waals surface area contributed by atoms with E-state index in [1.54, 1.807) is 0 Å². The van der Waals surface area contributed by atoms with Gasteiger partial charge in [-0.25, -0.2) is 4.98 Å². The van der Waals surface area contributed by atoms with Crippen LogP contribution in [-0.2, 0) is 4.79 Å². The third kappa shape index (κ3) is 4.16. The predicted octanol–water partition coefficient (Wildman–Crippen LogP) is 2.34. The van der Waals surface area contributed by atoms with Crippen molar-refractivity contribution in [2.24, 2.45) is 0 Å². The second-order valence-electron chi connectivity index (χ2n) is 5.70. The van der Waals surface area contributed by atoms with E-state index in [4.69, 9.17) is 0 Å². The van der Waals surface area contributed by atoms with Crippen LogP contribution < -0.4 is 10.6 Å². The Bertz CT molecular complexity index is 604. The maximum atomic E-state index is 12.2. The fraction of sp³-hybridized carbons (Fsp3) is 0.467. The minimum atomic E-state index is 0. The number of hydrogen-bond acceptors (Lipinski definition) is 5. The largest absolute Gasteiger partial charge is 0.309 e. The standard InChI is InChI=1S/C15H20N4OS.ClH/c1-10-7-19(8-11(2)16-10)9-14(20)18-15-17-12-5-3-4-6-13(12)21-15;/h3-6,10-11,16H,7-9H2,1-2H3,(H,17,18,20);1H. The summed E-state index contributed by atoms with van der Waals surface area (Å²) in [7, 11) is 0. The first-order valence-electron chi connectivity index (χ1n) is 7.24. The van der Waals surface area contributed by atoms with E-state index in [-0.39, 0.29) is 18.3 Å². The van der Waals surface area contributed by atoms with E-state index in [0.717, 1.165) is 23.3 Å². The summed E-state index contributed by atoms with van der Waals surface area (Å²) in [6.07, 6.45) is 0. The Labute approximate surface area is 140 Å². The van der Waals surface area contributed by atoms with Crippen LogP contribution in [0.4, 0.5) is 5.13 Å². The molecule has 1 aromatic heterocycles. The van der Waals surface area contributed by atoms with E-state index in [9.17, 15) is 4.79 Å². The number of hydrogen-bond donors (Lipinski definition) is 2. The molecule has 0 spiro atoms. The van der Waals surface area contributed by atoms with Gasteiger partial charge in [0.1, 0.15) is 0 Å². The number of amides is 1. The third-order valence-electron chi connectivity index (χ3n) is 3.54. The SMILES string of the molecule is CC1CN(CC(=O)Nc2nc3ccccc3s2)CC(C)N1.Cl. The highest BCUT2D eigenvalue weighted by Crippen LogP contribution is 2.25. The maximum absolute atomic E-state index is 12.2. The molecule has 7 heteroatoms. The average molecular weight is 341 g/mol. The molecule has 3 rings (SSSR count). The van der Waals surface area contributed by atoms with E-state index in [1.165, 1.54) is 11.3 Å². The summed E-state index contributed by atoms with van der Waals surface area (Å²) in [6.45, 7) is 6.52. The van der Waals surface area contributed by atoms with Gasteiger partial charge in [-0.2, -0.15) is 0 Å². The van der Waals surface area contributed by atoms with E-state index in [2.05, 4.69) is 34.4 Å². The van der Waals surface area contributed by atoms with Gasteiger partial charge in [0.05, 0.1) is 16.8 Å². The van der Waals surface area contributed by atoms with Crippen molar-refractivity contribution in [2.75, 3.05) is 25.0 Å². The fourth-order valence-corrected chi connectivity index (χ4v) is 3.74. The van der Waals surface area contributed by atoms with Gasteiger partial charge in [-0.1, -0.05) is 23.5 Å². The smallest absolute Gasteiger partial charge is 0.240 e. The zero-order valence-corrected chi connectivity index (χ0v) is 14.3. The fourth-order valence-electron chi connectivity index (χ4n) is 2.86. The minimum Gasteiger partial charge on any atom is -0.309 e. The van der Waals surface area contributed by atoms with E-state index in [1.807, 2.05) is 24.3 Å². The molecule has 1 amide bonds. The van der Waals surface area contributed by atoms with Crippen LogP contribution in [0.5, 0.6) is 0 Å². The van der Waals surface area contributed by atoms with Gasteiger partial charge in [-0.3, -0.25) is 9.69 Å². The van der Waals surface area contributed by atoms with E-state index in [0.29, 0.717) is 23.8 Å². The van der Waals surface area contributed by atoms with Crippen molar-refractivity contribution in [3.05, 3.63) is 24.3 Å². The molecule has 2 unspecified atom stereocenters. The van der Waals surface area contributed by atoms with Crippen LogP contribution in [0.1, 0.15) is 13.8 Å². The first-order valence-corrected chi connectivity index (χ1v) is 8.05. The topological polar surface area (TPSA) is 57.3 Å².